The number of aryl methyl sites for hydroxylation is 1. The monoisotopic (exact) mass is 596 g/mol. The molecular formula is C29H33BrN4O5. The highest BCUT2D eigenvalue weighted by Gasteiger charge is 2.58. The number of ether oxygens (including phenoxy) is 1. The van der Waals surface area contributed by atoms with Crippen LogP contribution in [0.3, 0.4) is 0 Å². The van der Waals surface area contributed by atoms with Crippen LogP contribution < -0.4 is 11.1 Å². The van der Waals surface area contributed by atoms with E-state index in [-0.39, 0.29) is 30.8 Å². The van der Waals surface area contributed by atoms with Crippen LogP contribution in [0.4, 0.5) is 10.5 Å². The van der Waals surface area contributed by atoms with Crippen LogP contribution in [-0.4, -0.2) is 51.7 Å². The maximum atomic E-state index is 13.7. The van der Waals surface area contributed by atoms with Crippen molar-refractivity contribution >= 4 is 45.4 Å². The number of halogens is 1. The number of fused-ring (bicyclic) bond motifs is 2. The number of anilines is 1. The molecule has 0 aromatic heterocycles. The predicted octanol–water partition coefficient (Wildman–Crippen LogP) is 4.07. The maximum absolute atomic E-state index is 13.7. The molecule has 2 aromatic carbocycles. The van der Waals surface area contributed by atoms with Gasteiger partial charge in [0.05, 0.1) is 5.54 Å². The third kappa shape index (κ3) is 5.32. The van der Waals surface area contributed by atoms with Gasteiger partial charge in [-0.2, -0.15) is 0 Å². The number of rotatable bonds is 8. The Balaban J connectivity index is 1.34. The topological polar surface area (TPSA) is 122 Å². The number of amides is 4. The molecule has 39 heavy (non-hydrogen) atoms. The summed E-state index contributed by atoms with van der Waals surface area (Å²) < 4.78 is 6.67. The average molecular weight is 598 g/mol. The fourth-order valence-corrected chi connectivity index (χ4v) is 5.59. The SMILES string of the molecule is C[C@@H](C1CC1)N(Cc1ccc(Br)cc1)C(=O)CN1C(=O)O[C@@]2(CCc3cc(NC(=O)C(C)(C)N)ccc32)C1=O. The molecule has 2 atom stereocenters. The van der Waals surface area contributed by atoms with Gasteiger partial charge in [-0.1, -0.05) is 34.1 Å². The Hall–Kier alpha value is -3.24. The molecule has 1 aliphatic heterocycles. The molecule has 0 unspecified atom stereocenters. The van der Waals surface area contributed by atoms with Gasteiger partial charge in [-0.25, -0.2) is 9.69 Å². The molecule has 4 amide bonds. The highest BCUT2D eigenvalue weighted by Crippen LogP contribution is 2.46. The summed E-state index contributed by atoms with van der Waals surface area (Å²) in [5.74, 6) is -0.739. The Labute approximate surface area is 236 Å². The summed E-state index contributed by atoms with van der Waals surface area (Å²) in [6.07, 6.45) is 2.06. The Morgan fingerprint density at radius 2 is 1.90 bits per heavy atom. The number of hydrogen-bond donors (Lipinski definition) is 2. The van der Waals surface area contributed by atoms with E-state index in [1.54, 1.807) is 36.9 Å². The summed E-state index contributed by atoms with van der Waals surface area (Å²) in [4.78, 5) is 55.3. The first-order chi connectivity index (χ1) is 18.4. The minimum absolute atomic E-state index is 0.0110. The van der Waals surface area contributed by atoms with E-state index in [0.717, 1.165) is 33.3 Å². The van der Waals surface area contributed by atoms with Crippen molar-refractivity contribution in [1.29, 1.82) is 0 Å². The summed E-state index contributed by atoms with van der Waals surface area (Å²) in [7, 11) is 0. The second-order valence-electron chi connectivity index (χ2n) is 11.4. The van der Waals surface area contributed by atoms with Crippen LogP contribution >= 0.6 is 15.9 Å². The van der Waals surface area contributed by atoms with Crippen LogP contribution in [0.5, 0.6) is 0 Å². The maximum Gasteiger partial charge on any atom is 0.418 e. The Morgan fingerprint density at radius 3 is 2.54 bits per heavy atom. The molecule has 5 rings (SSSR count). The molecule has 3 aliphatic rings. The molecule has 1 saturated heterocycles. The zero-order chi connectivity index (χ0) is 28.1. The van der Waals surface area contributed by atoms with Crippen molar-refractivity contribution < 1.29 is 23.9 Å². The van der Waals surface area contributed by atoms with Crippen molar-refractivity contribution in [3.63, 3.8) is 0 Å². The molecule has 9 nitrogen and oxygen atoms in total. The zero-order valence-electron chi connectivity index (χ0n) is 22.3. The van der Waals surface area contributed by atoms with Gasteiger partial charge in [0.1, 0.15) is 6.54 Å². The first-order valence-corrected chi connectivity index (χ1v) is 14.0. The smallest absolute Gasteiger partial charge is 0.418 e. The molecule has 0 bridgehead atoms. The van der Waals surface area contributed by atoms with E-state index in [9.17, 15) is 19.2 Å². The number of benzene rings is 2. The molecule has 206 valence electrons. The highest BCUT2D eigenvalue weighted by molar-refractivity contribution is 9.10. The molecule has 2 aromatic rings. The van der Waals surface area contributed by atoms with Gasteiger partial charge in [-0.05, 0) is 81.3 Å². The number of imide groups is 1. The molecular weight excluding hydrogens is 564 g/mol. The highest BCUT2D eigenvalue weighted by atomic mass is 79.9. The second-order valence-corrected chi connectivity index (χ2v) is 12.3. The van der Waals surface area contributed by atoms with Gasteiger partial charge in [-0.3, -0.25) is 14.4 Å². The summed E-state index contributed by atoms with van der Waals surface area (Å²) in [5.41, 5.74) is 6.28. The van der Waals surface area contributed by atoms with E-state index in [2.05, 4.69) is 21.2 Å². The van der Waals surface area contributed by atoms with E-state index >= 15 is 0 Å². The van der Waals surface area contributed by atoms with Gasteiger partial charge >= 0.3 is 6.09 Å². The van der Waals surface area contributed by atoms with Crippen molar-refractivity contribution in [2.45, 2.75) is 70.2 Å². The van der Waals surface area contributed by atoms with Gasteiger partial charge in [0, 0.05) is 34.7 Å². The fraction of sp³-hybridized carbons (Fsp3) is 0.448. The van der Waals surface area contributed by atoms with Crippen LogP contribution in [0.1, 0.15) is 56.7 Å². The van der Waals surface area contributed by atoms with E-state index < -0.39 is 23.1 Å². The molecule has 1 saturated carbocycles. The fourth-order valence-electron chi connectivity index (χ4n) is 5.33. The van der Waals surface area contributed by atoms with E-state index in [1.807, 2.05) is 31.2 Å². The molecule has 1 spiro atoms. The summed E-state index contributed by atoms with van der Waals surface area (Å²) >= 11 is 3.44. The minimum atomic E-state index is -1.46. The van der Waals surface area contributed by atoms with Crippen molar-refractivity contribution in [3.05, 3.63) is 63.6 Å². The lowest BCUT2D eigenvalue weighted by Gasteiger charge is -2.30. The lowest BCUT2D eigenvalue weighted by atomic mass is 9.94. The normalized spacial score (nSPS) is 21.1. The average Bonchev–Trinajstić information content (AvgIpc) is 3.63. The predicted molar refractivity (Wildman–Crippen MR) is 148 cm³/mol. The number of carbonyl (C=O) groups is 4. The number of nitrogens with zero attached hydrogens (tertiary/aromatic N) is 2. The minimum Gasteiger partial charge on any atom is -0.427 e. The summed E-state index contributed by atoms with van der Waals surface area (Å²) in [6, 6.07) is 12.9. The van der Waals surface area contributed by atoms with Crippen LogP contribution in [0.15, 0.2) is 46.9 Å². The second kappa shape index (κ2) is 10.1. The van der Waals surface area contributed by atoms with E-state index in [4.69, 9.17) is 10.5 Å². The lowest BCUT2D eigenvalue weighted by molar-refractivity contribution is -0.143. The van der Waals surface area contributed by atoms with Gasteiger partial charge in [-0.15, -0.1) is 0 Å². The number of nitrogens with one attached hydrogen (secondary N) is 1. The van der Waals surface area contributed by atoms with Crippen molar-refractivity contribution in [2.24, 2.45) is 11.7 Å². The van der Waals surface area contributed by atoms with Crippen molar-refractivity contribution in [2.75, 3.05) is 11.9 Å². The first kappa shape index (κ1) is 27.3. The van der Waals surface area contributed by atoms with Crippen molar-refractivity contribution in [3.8, 4) is 0 Å². The molecule has 10 heteroatoms. The van der Waals surface area contributed by atoms with Crippen molar-refractivity contribution in [1.82, 2.24) is 9.80 Å². The third-order valence-electron chi connectivity index (χ3n) is 7.88. The molecule has 1 heterocycles. The molecule has 2 fully saturated rings. The molecule has 2 aliphatic carbocycles. The third-order valence-corrected chi connectivity index (χ3v) is 8.41. The Kier molecular flexibility index (Phi) is 7.05. The van der Waals surface area contributed by atoms with Crippen LogP contribution in [-0.2, 0) is 37.7 Å². The number of carbonyl (C=O) groups excluding carboxylic acids is 4. The van der Waals surface area contributed by atoms with Gasteiger partial charge in [0.15, 0.2) is 0 Å². The zero-order valence-corrected chi connectivity index (χ0v) is 23.9. The van der Waals surface area contributed by atoms with Crippen LogP contribution in [0.2, 0.25) is 0 Å². The van der Waals surface area contributed by atoms with Gasteiger partial charge in [0.2, 0.25) is 17.4 Å². The lowest BCUT2D eigenvalue weighted by Crippen LogP contribution is -2.47. The van der Waals surface area contributed by atoms with Gasteiger partial charge in [0.25, 0.3) is 5.91 Å². The number of hydrogen-bond acceptors (Lipinski definition) is 6. The van der Waals surface area contributed by atoms with Gasteiger partial charge < -0.3 is 20.7 Å². The quantitative estimate of drug-likeness (QED) is 0.473. The Morgan fingerprint density at radius 1 is 1.21 bits per heavy atom. The number of nitrogens with two attached hydrogens (primary N) is 1. The van der Waals surface area contributed by atoms with E-state index in [0.29, 0.717) is 30.1 Å². The van der Waals surface area contributed by atoms with Crippen LogP contribution in [0, 0.1) is 5.92 Å². The summed E-state index contributed by atoms with van der Waals surface area (Å²) in [5, 5.41) is 2.79. The Bertz CT molecular complexity index is 1330. The largest absolute Gasteiger partial charge is 0.427 e. The first-order valence-electron chi connectivity index (χ1n) is 13.2. The molecule has 3 N–H and O–H groups in total. The van der Waals surface area contributed by atoms with Crippen LogP contribution in [0.25, 0.3) is 0 Å². The van der Waals surface area contributed by atoms with E-state index in [1.165, 1.54) is 0 Å². The standard InChI is InChI=1S/C29H33BrN4O5/c1-17(19-6-7-19)33(15-18-4-8-21(30)9-5-18)24(35)16-34-26(37)29(39-27(34)38)13-12-20-14-22(10-11-23(20)29)32-25(36)28(2,3)31/h4-5,8-11,14,17,19H,6-7,12-13,15-16,31H2,1-3H3,(H,32,36)/t17-,29+/m0/s1. The molecule has 0 radical (unpaired) electrons. The summed E-state index contributed by atoms with van der Waals surface area (Å²) in [6.45, 7) is 5.27.